The van der Waals surface area contributed by atoms with Gasteiger partial charge in [0.2, 0.25) is 10.0 Å². The zero-order valence-corrected chi connectivity index (χ0v) is 17.0. The molecule has 0 saturated carbocycles. The average Bonchev–Trinajstić information content (AvgIpc) is 2.63. The van der Waals surface area contributed by atoms with Crippen LogP contribution in [0.15, 0.2) is 41.3 Å². The van der Waals surface area contributed by atoms with Crippen molar-refractivity contribution in [3.63, 3.8) is 0 Å². The molecule has 1 N–H and O–H groups in total. The zero-order valence-electron chi connectivity index (χ0n) is 16.2. The summed E-state index contributed by atoms with van der Waals surface area (Å²) in [6, 6.07) is 8.89. The van der Waals surface area contributed by atoms with E-state index in [1.165, 1.54) is 35.5 Å². The smallest absolute Gasteiger partial charge is 0.293 e. The van der Waals surface area contributed by atoms with Gasteiger partial charge in [-0.3, -0.25) is 14.9 Å². The van der Waals surface area contributed by atoms with Crippen LogP contribution in [0.4, 0.5) is 17.1 Å². The Morgan fingerprint density at radius 2 is 1.79 bits per heavy atom. The van der Waals surface area contributed by atoms with Gasteiger partial charge in [-0.2, -0.15) is 4.31 Å². The Labute approximate surface area is 164 Å². The van der Waals surface area contributed by atoms with Crippen LogP contribution < -0.4 is 5.32 Å². The molecule has 0 amide bonds. The van der Waals surface area contributed by atoms with Gasteiger partial charge in [-0.1, -0.05) is 19.9 Å². The van der Waals surface area contributed by atoms with Crippen molar-refractivity contribution < 1.29 is 18.1 Å². The molecule has 0 spiro atoms. The molecule has 0 heterocycles. The number of benzene rings is 2. The summed E-state index contributed by atoms with van der Waals surface area (Å²) in [6.45, 7) is 7.24. The molecule has 0 atom stereocenters. The number of Topliss-reactive ketones (excluding diaryl/α,β-unsaturated/α-hetero) is 1. The first-order valence-electron chi connectivity index (χ1n) is 8.79. The molecule has 2 rings (SSSR count). The largest absolute Gasteiger partial charge is 0.350 e. The van der Waals surface area contributed by atoms with Gasteiger partial charge in [-0.05, 0) is 43.7 Å². The maximum atomic E-state index is 12.9. The molecule has 0 aliphatic carbocycles. The molecule has 0 radical (unpaired) electrons. The summed E-state index contributed by atoms with van der Waals surface area (Å²) in [6.07, 6.45) is 0. The summed E-state index contributed by atoms with van der Waals surface area (Å²) in [5.41, 5.74) is 1.12. The van der Waals surface area contributed by atoms with Crippen LogP contribution in [-0.2, 0) is 10.0 Å². The van der Waals surface area contributed by atoms with Crippen molar-refractivity contribution in [2.45, 2.75) is 32.6 Å². The van der Waals surface area contributed by atoms with Gasteiger partial charge in [0, 0.05) is 30.4 Å². The highest BCUT2D eigenvalue weighted by Crippen LogP contribution is 2.31. The number of rotatable bonds is 8. The minimum absolute atomic E-state index is 0.143. The molecule has 2 aromatic carbocycles. The number of hydrogen-bond donors (Lipinski definition) is 1. The summed E-state index contributed by atoms with van der Waals surface area (Å²) >= 11 is 0. The summed E-state index contributed by atoms with van der Waals surface area (Å²) in [5.74, 6) is -0.280. The topological polar surface area (TPSA) is 110 Å². The second-order valence-electron chi connectivity index (χ2n) is 6.24. The number of nitro benzene ring substituents is 1. The van der Waals surface area contributed by atoms with Crippen LogP contribution in [-0.4, -0.2) is 36.5 Å². The standard InChI is InChI=1S/C19H23N3O5S/c1-5-21(6-2)28(26,27)19-12-16(9-7-13(19)3)20-17-10-8-15(14(4)23)11-18(17)22(24)25/h7-12,20H,5-6H2,1-4H3. The summed E-state index contributed by atoms with van der Waals surface area (Å²) in [7, 11) is -3.68. The Kier molecular flexibility index (Phi) is 6.52. The van der Waals surface area contributed by atoms with Crippen molar-refractivity contribution >= 4 is 32.9 Å². The molecule has 0 unspecified atom stereocenters. The van der Waals surface area contributed by atoms with Gasteiger partial charge in [-0.15, -0.1) is 0 Å². The van der Waals surface area contributed by atoms with Crippen molar-refractivity contribution in [3.8, 4) is 0 Å². The van der Waals surface area contributed by atoms with Crippen LogP contribution in [0.25, 0.3) is 0 Å². The molecule has 150 valence electrons. The van der Waals surface area contributed by atoms with E-state index in [1.807, 2.05) is 0 Å². The van der Waals surface area contributed by atoms with E-state index in [-0.39, 0.29) is 27.6 Å². The number of carbonyl (C=O) groups excluding carboxylic acids is 1. The SMILES string of the molecule is CCN(CC)S(=O)(=O)c1cc(Nc2ccc(C(C)=O)cc2[N+](=O)[O-])ccc1C. The molecule has 28 heavy (non-hydrogen) atoms. The fourth-order valence-corrected chi connectivity index (χ4v) is 4.53. The maximum absolute atomic E-state index is 12.9. The van der Waals surface area contributed by atoms with Gasteiger partial charge < -0.3 is 5.32 Å². The first-order valence-corrected chi connectivity index (χ1v) is 10.2. The van der Waals surface area contributed by atoms with Gasteiger partial charge in [-0.25, -0.2) is 8.42 Å². The predicted molar refractivity (Wildman–Crippen MR) is 108 cm³/mol. The molecule has 0 fully saturated rings. The fraction of sp³-hybridized carbons (Fsp3) is 0.316. The second-order valence-corrected chi connectivity index (χ2v) is 8.15. The Morgan fingerprint density at radius 3 is 2.32 bits per heavy atom. The molecule has 0 aromatic heterocycles. The minimum atomic E-state index is -3.68. The lowest BCUT2D eigenvalue weighted by Crippen LogP contribution is -2.31. The van der Waals surface area contributed by atoms with Crippen molar-refractivity contribution in [2.24, 2.45) is 0 Å². The predicted octanol–water partition coefficient (Wildman–Crippen LogP) is 3.88. The molecule has 0 aliphatic heterocycles. The first-order chi connectivity index (χ1) is 13.1. The Bertz CT molecular complexity index is 1010. The number of nitrogens with one attached hydrogen (secondary N) is 1. The third kappa shape index (κ3) is 4.37. The maximum Gasteiger partial charge on any atom is 0.293 e. The summed E-state index contributed by atoms with van der Waals surface area (Å²) in [5, 5.41) is 14.3. The molecular weight excluding hydrogens is 382 g/mol. The second kappa shape index (κ2) is 8.49. The number of aryl methyl sites for hydroxylation is 1. The van der Waals surface area contributed by atoms with Gasteiger partial charge in [0.05, 0.1) is 9.82 Å². The number of nitrogens with zero attached hydrogens (tertiary/aromatic N) is 2. The van der Waals surface area contributed by atoms with E-state index in [0.717, 1.165) is 0 Å². The Morgan fingerprint density at radius 1 is 1.14 bits per heavy atom. The fourth-order valence-electron chi connectivity index (χ4n) is 2.82. The molecule has 2 aromatic rings. The van der Waals surface area contributed by atoms with E-state index in [9.17, 15) is 23.3 Å². The third-order valence-corrected chi connectivity index (χ3v) is 6.58. The van der Waals surface area contributed by atoms with Crippen LogP contribution >= 0.6 is 0 Å². The van der Waals surface area contributed by atoms with Gasteiger partial charge >= 0.3 is 0 Å². The molecule has 0 bridgehead atoms. The van der Waals surface area contributed by atoms with Gasteiger partial charge in [0.15, 0.2) is 5.78 Å². The Hall–Kier alpha value is -2.78. The van der Waals surface area contributed by atoms with E-state index in [4.69, 9.17) is 0 Å². The normalized spacial score (nSPS) is 11.5. The van der Waals surface area contributed by atoms with E-state index in [1.54, 1.807) is 32.9 Å². The average molecular weight is 405 g/mol. The number of ketones is 1. The molecule has 0 saturated heterocycles. The van der Waals surface area contributed by atoms with Crippen molar-refractivity contribution in [1.29, 1.82) is 0 Å². The van der Waals surface area contributed by atoms with E-state index < -0.39 is 14.9 Å². The monoisotopic (exact) mass is 405 g/mol. The molecule has 9 heteroatoms. The van der Waals surface area contributed by atoms with E-state index in [2.05, 4.69) is 5.32 Å². The van der Waals surface area contributed by atoms with Crippen molar-refractivity contribution in [3.05, 3.63) is 57.6 Å². The number of sulfonamides is 1. The van der Waals surface area contributed by atoms with Gasteiger partial charge in [0.1, 0.15) is 5.69 Å². The molecule has 0 aliphatic rings. The number of carbonyl (C=O) groups is 1. The van der Waals surface area contributed by atoms with Crippen LogP contribution in [0.2, 0.25) is 0 Å². The summed E-state index contributed by atoms with van der Waals surface area (Å²) in [4.78, 5) is 22.4. The van der Waals surface area contributed by atoms with Crippen LogP contribution in [0.1, 0.15) is 36.7 Å². The van der Waals surface area contributed by atoms with E-state index in [0.29, 0.717) is 24.3 Å². The van der Waals surface area contributed by atoms with Crippen molar-refractivity contribution in [1.82, 2.24) is 4.31 Å². The van der Waals surface area contributed by atoms with Crippen LogP contribution in [0.3, 0.4) is 0 Å². The lowest BCUT2D eigenvalue weighted by molar-refractivity contribution is -0.383. The lowest BCUT2D eigenvalue weighted by atomic mass is 10.1. The number of hydrogen-bond acceptors (Lipinski definition) is 6. The van der Waals surface area contributed by atoms with Crippen LogP contribution in [0.5, 0.6) is 0 Å². The number of nitro groups is 1. The quantitative estimate of drug-likeness (QED) is 0.405. The molecule has 8 nitrogen and oxygen atoms in total. The summed E-state index contributed by atoms with van der Waals surface area (Å²) < 4.78 is 27.1. The highest BCUT2D eigenvalue weighted by atomic mass is 32.2. The first kappa shape index (κ1) is 21.5. The zero-order chi connectivity index (χ0) is 21.1. The van der Waals surface area contributed by atoms with Gasteiger partial charge in [0.25, 0.3) is 5.69 Å². The highest BCUT2D eigenvalue weighted by Gasteiger charge is 2.24. The highest BCUT2D eigenvalue weighted by molar-refractivity contribution is 7.89. The minimum Gasteiger partial charge on any atom is -0.350 e. The number of anilines is 2. The lowest BCUT2D eigenvalue weighted by Gasteiger charge is -2.20. The van der Waals surface area contributed by atoms with Crippen molar-refractivity contribution in [2.75, 3.05) is 18.4 Å². The van der Waals surface area contributed by atoms with Crippen LogP contribution in [0, 0.1) is 17.0 Å². The van der Waals surface area contributed by atoms with E-state index >= 15 is 0 Å². The molecular formula is C19H23N3O5S. The third-order valence-electron chi connectivity index (χ3n) is 4.39. The Balaban J connectivity index is 2.49.